The Hall–Kier alpha value is -1.57. The molecule has 0 aliphatic carbocycles. The Morgan fingerprint density at radius 1 is 1.24 bits per heavy atom. The van der Waals surface area contributed by atoms with E-state index in [1.807, 2.05) is 24.0 Å². The van der Waals surface area contributed by atoms with Gasteiger partial charge in [-0.05, 0) is 42.0 Å². The van der Waals surface area contributed by atoms with Crippen LogP contribution in [0.1, 0.15) is 25.8 Å². The number of piperidine rings is 1. The predicted molar refractivity (Wildman–Crippen MR) is 114 cm³/mol. The SMILES string of the molecule is CN=C(NCc1cccc(-n2cccn2)c1)N1CC(C)CC(C)C1.I. The van der Waals surface area contributed by atoms with Crippen LogP contribution in [0.3, 0.4) is 0 Å². The number of rotatable bonds is 3. The zero-order chi connectivity index (χ0) is 16.9. The molecule has 2 heterocycles. The van der Waals surface area contributed by atoms with Crippen LogP contribution in [0, 0.1) is 11.8 Å². The van der Waals surface area contributed by atoms with Crippen LogP contribution in [-0.4, -0.2) is 40.8 Å². The molecule has 0 radical (unpaired) electrons. The van der Waals surface area contributed by atoms with E-state index < -0.39 is 0 Å². The molecule has 2 atom stereocenters. The molecule has 5 nitrogen and oxygen atoms in total. The van der Waals surface area contributed by atoms with Crippen molar-refractivity contribution in [1.82, 2.24) is 20.0 Å². The van der Waals surface area contributed by atoms with Gasteiger partial charge in [0.1, 0.15) is 0 Å². The summed E-state index contributed by atoms with van der Waals surface area (Å²) in [6, 6.07) is 10.4. The first-order valence-corrected chi connectivity index (χ1v) is 8.70. The maximum absolute atomic E-state index is 4.48. The molecule has 1 saturated heterocycles. The first-order chi connectivity index (χ1) is 11.7. The minimum Gasteiger partial charge on any atom is -0.352 e. The van der Waals surface area contributed by atoms with Gasteiger partial charge in [0.2, 0.25) is 0 Å². The highest BCUT2D eigenvalue weighted by atomic mass is 127. The fourth-order valence-electron chi connectivity index (χ4n) is 3.58. The predicted octanol–water partition coefficient (Wildman–Crippen LogP) is 3.54. The third-order valence-corrected chi connectivity index (χ3v) is 4.51. The van der Waals surface area contributed by atoms with Crippen molar-refractivity contribution in [2.75, 3.05) is 20.1 Å². The van der Waals surface area contributed by atoms with Crippen molar-refractivity contribution >= 4 is 29.9 Å². The van der Waals surface area contributed by atoms with Gasteiger partial charge in [-0.2, -0.15) is 5.10 Å². The van der Waals surface area contributed by atoms with Gasteiger partial charge in [-0.25, -0.2) is 4.68 Å². The number of guanidine groups is 1. The van der Waals surface area contributed by atoms with Gasteiger partial charge in [0.05, 0.1) is 5.69 Å². The lowest BCUT2D eigenvalue weighted by Crippen LogP contribution is -2.48. The smallest absolute Gasteiger partial charge is 0.193 e. The van der Waals surface area contributed by atoms with Gasteiger partial charge < -0.3 is 10.2 Å². The molecule has 1 aliphatic heterocycles. The van der Waals surface area contributed by atoms with Gasteiger partial charge in [0.15, 0.2) is 5.96 Å². The van der Waals surface area contributed by atoms with Crippen LogP contribution in [0.15, 0.2) is 47.7 Å². The quantitative estimate of drug-likeness (QED) is 0.440. The fourth-order valence-corrected chi connectivity index (χ4v) is 3.58. The van der Waals surface area contributed by atoms with Crippen LogP contribution in [0.5, 0.6) is 0 Å². The van der Waals surface area contributed by atoms with Crippen LogP contribution in [0.2, 0.25) is 0 Å². The molecule has 2 unspecified atom stereocenters. The Balaban J connectivity index is 0.00000225. The molecule has 136 valence electrons. The third-order valence-electron chi connectivity index (χ3n) is 4.51. The summed E-state index contributed by atoms with van der Waals surface area (Å²) < 4.78 is 1.88. The average Bonchev–Trinajstić information content (AvgIpc) is 3.09. The van der Waals surface area contributed by atoms with E-state index in [0.29, 0.717) is 0 Å². The minimum atomic E-state index is 0. The van der Waals surface area contributed by atoms with Crippen LogP contribution in [0.25, 0.3) is 5.69 Å². The second kappa shape index (κ2) is 9.22. The van der Waals surface area contributed by atoms with E-state index in [4.69, 9.17) is 0 Å². The summed E-state index contributed by atoms with van der Waals surface area (Å²) in [6.07, 6.45) is 5.06. The molecular formula is C19H28IN5. The van der Waals surface area contributed by atoms with Gasteiger partial charge in [-0.15, -0.1) is 24.0 Å². The Morgan fingerprint density at radius 3 is 2.64 bits per heavy atom. The molecule has 0 bridgehead atoms. The Morgan fingerprint density at radius 2 is 2.00 bits per heavy atom. The lowest BCUT2D eigenvalue weighted by molar-refractivity contribution is 0.208. The van der Waals surface area contributed by atoms with Crippen molar-refractivity contribution in [3.63, 3.8) is 0 Å². The summed E-state index contributed by atoms with van der Waals surface area (Å²) in [4.78, 5) is 6.87. The number of hydrogen-bond acceptors (Lipinski definition) is 2. The maximum Gasteiger partial charge on any atom is 0.193 e. The molecule has 2 aromatic rings. The van der Waals surface area contributed by atoms with Crippen molar-refractivity contribution in [3.05, 3.63) is 48.3 Å². The minimum absolute atomic E-state index is 0. The Labute approximate surface area is 167 Å². The topological polar surface area (TPSA) is 45.5 Å². The van der Waals surface area contributed by atoms with Crippen LogP contribution in [0.4, 0.5) is 0 Å². The van der Waals surface area contributed by atoms with E-state index in [0.717, 1.165) is 43.1 Å². The molecule has 1 aliphatic rings. The van der Waals surface area contributed by atoms with Gasteiger partial charge in [0.25, 0.3) is 0 Å². The van der Waals surface area contributed by atoms with E-state index in [1.54, 1.807) is 6.20 Å². The molecule has 25 heavy (non-hydrogen) atoms. The first kappa shape index (κ1) is 19.8. The van der Waals surface area contributed by atoms with E-state index in [-0.39, 0.29) is 24.0 Å². The lowest BCUT2D eigenvalue weighted by atomic mass is 9.92. The summed E-state index contributed by atoms with van der Waals surface area (Å²) in [5.74, 6) is 2.43. The summed E-state index contributed by atoms with van der Waals surface area (Å²) in [6.45, 7) is 7.57. The zero-order valence-electron chi connectivity index (χ0n) is 15.2. The molecule has 1 N–H and O–H groups in total. The maximum atomic E-state index is 4.48. The van der Waals surface area contributed by atoms with E-state index in [1.165, 1.54) is 12.0 Å². The van der Waals surface area contributed by atoms with Crippen molar-refractivity contribution in [2.45, 2.75) is 26.8 Å². The molecule has 6 heteroatoms. The summed E-state index contributed by atoms with van der Waals surface area (Å²) in [7, 11) is 1.87. The number of aromatic nitrogens is 2. The van der Waals surface area contributed by atoms with Crippen molar-refractivity contribution < 1.29 is 0 Å². The van der Waals surface area contributed by atoms with Crippen molar-refractivity contribution in [3.8, 4) is 5.69 Å². The largest absolute Gasteiger partial charge is 0.352 e. The molecule has 1 aromatic heterocycles. The second-order valence-electron chi connectivity index (χ2n) is 6.87. The van der Waals surface area contributed by atoms with Crippen LogP contribution in [-0.2, 0) is 6.54 Å². The van der Waals surface area contributed by atoms with Gasteiger partial charge in [-0.3, -0.25) is 4.99 Å². The number of halogens is 1. The number of nitrogens with zero attached hydrogens (tertiary/aromatic N) is 4. The molecular weight excluding hydrogens is 425 g/mol. The van der Waals surface area contributed by atoms with Crippen LogP contribution >= 0.6 is 24.0 Å². The summed E-state index contributed by atoms with van der Waals surface area (Å²) in [5, 5.41) is 7.81. The van der Waals surface area contributed by atoms with Crippen molar-refractivity contribution in [1.29, 1.82) is 0 Å². The summed E-state index contributed by atoms with van der Waals surface area (Å²) >= 11 is 0. The Kier molecular flexibility index (Phi) is 7.28. The second-order valence-corrected chi connectivity index (χ2v) is 6.87. The standard InChI is InChI=1S/C19H27N5.HI/c1-15-10-16(2)14-23(13-15)19(20-3)21-12-17-6-4-7-18(11-17)24-9-5-8-22-24;/h4-9,11,15-16H,10,12-14H2,1-3H3,(H,20,21);1H. The van der Waals surface area contributed by atoms with E-state index in [2.05, 4.69) is 58.4 Å². The van der Waals surface area contributed by atoms with Gasteiger partial charge >= 0.3 is 0 Å². The highest BCUT2D eigenvalue weighted by molar-refractivity contribution is 14.0. The monoisotopic (exact) mass is 453 g/mol. The molecule has 1 fully saturated rings. The van der Waals surface area contributed by atoms with Crippen LogP contribution < -0.4 is 5.32 Å². The lowest BCUT2D eigenvalue weighted by Gasteiger charge is -2.37. The zero-order valence-corrected chi connectivity index (χ0v) is 17.6. The normalized spacial score (nSPS) is 20.9. The number of benzene rings is 1. The Bertz CT molecular complexity index is 673. The van der Waals surface area contributed by atoms with E-state index >= 15 is 0 Å². The number of nitrogens with one attached hydrogen (secondary N) is 1. The number of likely N-dealkylation sites (tertiary alicyclic amines) is 1. The van der Waals surface area contributed by atoms with Crippen molar-refractivity contribution in [2.24, 2.45) is 16.8 Å². The molecule has 1 aromatic carbocycles. The molecule has 0 spiro atoms. The highest BCUT2D eigenvalue weighted by Crippen LogP contribution is 2.21. The number of aliphatic imine (C=N–C) groups is 1. The third kappa shape index (κ3) is 5.20. The van der Waals surface area contributed by atoms with E-state index in [9.17, 15) is 0 Å². The average molecular weight is 453 g/mol. The molecule has 0 saturated carbocycles. The number of hydrogen-bond donors (Lipinski definition) is 1. The summed E-state index contributed by atoms with van der Waals surface area (Å²) in [5.41, 5.74) is 2.30. The fraction of sp³-hybridized carbons (Fsp3) is 0.474. The molecule has 3 rings (SSSR count). The van der Waals surface area contributed by atoms with Gasteiger partial charge in [-0.1, -0.05) is 26.0 Å². The highest BCUT2D eigenvalue weighted by Gasteiger charge is 2.23. The molecule has 0 amide bonds. The first-order valence-electron chi connectivity index (χ1n) is 8.70. The van der Waals surface area contributed by atoms with Gasteiger partial charge in [0, 0.05) is 39.1 Å².